The van der Waals surface area contributed by atoms with E-state index < -0.39 is 0 Å². The van der Waals surface area contributed by atoms with Crippen molar-refractivity contribution in [2.45, 2.75) is 0 Å². The van der Waals surface area contributed by atoms with Crippen molar-refractivity contribution in [2.24, 2.45) is 0 Å². The molecular weight excluding hydrogens is 339 g/mol. The summed E-state index contributed by atoms with van der Waals surface area (Å²) in [5, 5.41) is 0. The van der Waals surface area contributed by atoms with Crippen LogP contribution in [0.1, 0.15) is 0 Å². The smallest absolute Gasteiger partial charge is 0.522 e. The summed E-state index contributed by atoms with van der Waals surface area (Å²) in [5.74, 6) is 0.857. The largest absolute Gasteiger partial charge is 2.00 e. The SMILES string of the molecule is COc1cc[c-]c(N2CN(C)c3ccccc32)c1.[CH3-].[Rh+2]. The van der Waals surface area contributed by atoms with Gasteiger partial charge in [0.05, 0.1) is 25.2 Å². The quantitative estimate of drug-likeness (QED) is 0.605. The van der Waals surface area contributed by atoms with Crippen molar-refractivity contribution < 1.29 is 24.2 Å². The van der Waals surface area contributed by atoms with Crippen LogP contribution < -0.4 is 14.5 Å². The number of hydrogen-bond donors (Lipinski definition) is 0. The second-order valence-corrected chi connectivity index (χ2v) is 4.37. The van der Waals surface area contributed by atoms with Gasteiger partial charge in [0.2, 0.25) is 0 Å². The number of methoxy groups -OCH3 is 1. The van der Waals surface area contributed by atoms with Crippen molar-refractivity contribution in [3.05, 3.63) is 56.0 Å². The summed E-state index contributed by atoms with van der Waals surface area (Å²) in [4.78, 5) is 4.46. The van der Waals surface area contributed by atoms with E-state index in [9.17, 15) is 0 Å². The molecule has 1 aliphatic heterocycles. The number of hydrogen-bond acceptors (Lipinski definition) is 3. The number of ether oxygens (including phenoxy) is 1. The Morgan fingerprint density at radius 1 is 1.15 bits per heavy atom. The van der Waals surface area contributed by atoms with Crippen molar-refractivity contribution in [2.75, 3.05) is 30.6 Å². The predicted octanol–water partition coefficient (Wildman–Crippen LogP) is 3.49. The van der Waals surface area contributed by atoms with Crippen LogP contribution in [0, 0.1) is 13.5 Å². The number of anilines is 3. The Kier molecular flexibility index (Phi) is 5.58. The summed E-state index contributed by atoms with van der Waals surface area (Å²) in [6, 6.07) is 17.5. The van der Waals surface area contributed by atoms with Crippen molar-refractivity contribution in [1.82, 2.24) is 0 Å². The third kappa shape index (κ3) is 2.80. The molecule has 107 valence electrons. The molecule has 0 bridgehead atoms. The summed E-state index contributed by atoms with van der Waals surface area (Å²) in [6.07, 6.45) is 0. The van der Waals surface area contributed by atoms with Gasteiger partial charge >= 0.3 is 19.5 Å². The molecule has 0 amide bonds. The molecule has 0 fully saturated rings. The van der Waals surface area contributed by atoms with Gasteiger partial charge in [-0.15, -0.1) is 12.1 Å². The van der Waals surface area contributed by atoms with E-state index in [1.807, 2.05) is 18.2 Å². The predicted molar refractivity (Wildman–Crippen MR) is 80.1 cm³/mol. The van der Waals surface area contributed by atoms with Crippen LogP contribution in [0.5, 0.6) is 5.75 Å². The fourth-order valence-corrected chi connectivity index (χ4v) is 2.30. The number of rotatable bonds is 2. The molecule has 0 aliphatic carbocycles. The van der Waals surface area contributed by atoms with E-state index >= 15 is 0 Å². The molecule has 0 atom stereocenters. The van der Waals surface area contributed by atoms with Crippen LogP contribution in [0.3, 0.4) is 0 Å². The first-order valence-electron chi connectivity index (χ1n) is 5.93. The number of fused-ring (bicyclic) bond motifs is 1. The summed E-state index contributed by atoms with van der Waals surface area (Å²) < 4.78 is 5.27. The van der Waals surface area contributed by atoms with Gasteiger partial charge in [0.15, 0.2) is 0 Å². The number of para-hydroxylation sites is 2. The topological polar surface area (TPSA) is 15.7 Å². The summed E-state index contributed by atoms with van der Waals surface area (Å²) in [5.41, 5.74) is 3.49. The minimum atomic E-state index is 0. The van der Waals surface area contributed by atoms with Crippen LogP contribution >= 0.6 is 0 Å². The molecule has 3 rings (SSSR count). The number of nitrogens with zero attached hydrogens (tertiary/aromatic N) is 2. The summed E-state index contributed by atoms with van der Waals surface area (Å²) in [6.45, 7) is 0.836. The molecule has 2 aromatic rings. The Labute approximate surface area is 133 Å². The van der Waals surface area contributed by atoms with Crippen molar-refractivity contribution >= 4 is 17.1 Å². The second-order valence-electron chi connectivity index (χ2n) is 4.37. The van der Waals surface area contributed by atoms with Gasteiger partial charge in [0, 0.05) is 12.8 Å². The van der Waals surface area contributed by atoms with Crippen LogP contribution in [0.4, 0.5) is 17.1 Å². The first kappa shape index (κ1) is 16.5. The van der Waals surface area contributed by atoms with E-state index in [0.29, 0.717) is 0 Å². The Morgan fingerprint density at radius 2 is 1.85 bits per heavy atom. The van der Waals surface area contributed by atoms with Crippen molar-refractivity contribution in [3.63, 3.8) is 0 Å². The fraction of sp³-hybridized carbons (Fsp3) is 0.188. The monoisotopic (exact) mass is 357 g/mol. The van der Waals surface area contributed by atoms with E-state index in [4.69, 9.17) is 4.74 Å². The van der Waals surface area contributed by atoms with Crippen molar-refractivity contribution in [1.29, 1.82) is 0 Å². The Hall–Kier alpha value is -1.54. The second kappa shape index (κ2) is 6.76. The van der Waals surface area contributed by atoms with Crippen LogP contribution in [0.2, 0.25) is 0 Å². The van der Waals surface area contributed by atoms with E-state index in [0.717, 1.165) is 18.1 Å². The maximum Gasteiger partial charge on any atom is 2.00 e. The molecule has 0 aromatic heterocycles. The van der Waals surface area contributed by atoms with Crippen LogP contribution in [-0.4, -0.2) is 20.8 Å². The van der Waals surface area contributed by atoms with Gasteiger partial charge in [0.1, 0.15) is 0 Å². The Balaban J connectivity index is 0.000001000. The third-order valence-electron chi connectivity index (χ3n) is 3.22. The molecule has 1 aliphatic rings. The van der Waals surface area contributed by atoms with Gasteiger partial charge in [-0.2, -0.15) is 12.1 Å². The zero-order valence-electron chi connectivity index (χ0n) is 11.9. The standard InChI is InChI=1S/C15H15N2O.CH3.Rh/c1-16-11-17(15-9-4-3-8-14(15)16)12-6-5-7-13(10-12)18-2;;/h3-5,7-10H,11H2,1-2H3;1H3;/q2*-1;+2. The Bertz CT molecular complexity index is 574. The third-order valence-corrected chi connectivity index (χ3v) is 3.22. The molecule has 3 nitrogen and oxygen atoms in total. The van der Waals surface area contributed by atoms with Crippen LogP contribution in [0.15, 0.2) is 42.5 Å². The van der Waals surface area contributed by atoms with E-state index in [-0.39, 0.29) is 26.9 Å². The molecule has 2 aromatic carbocycles. The molecule has 0 saturated carbocycles. The number of benzene rings is 2. The average Bonchev–Trinajstić information content (AvgIpc) is 2.77. The molecule has 20 heavy (non-hydrogen) atoms. The van der Waals surface area contributed by atoms with E-state index in [2.05, 4.69) is 47.2 Å². The molecule has 0 N–H and O–H groups in total. The zero-order valence-corrected chi connectivity index (χ0v) is 13.5. The van der Waals surface area contributed by atoms with Gasteiger partial charge in [0.25, 0.3) is 0 Å². The molecule has 1 heterocycles. The van der Waals surface area contributed by atoms with Gasteiger partial charge < -0.3 is 22.0 Å². The maximum absolute atomic E-state index is 5.27. The fourth-order valence-electron chi connectivity index (χ4n) is 2.30. The molecule has 0 unspecified atom stereocenters. The van der Waals surface area contributed by atoms with Gasteiger partial charge in [-0.05, 0) is 12.1 Å². The molecule has 4 heteroatoms. The van der Waals surface area contributed by atoms with Crippen LogP contribution in [-0.2, 0) is 19.5 Å². The van der Waals surface area contributed by atoms with Gasteiger partial charge in [-0.25, -0.2) is 0 Å². The molecule has 0 spiro atoms. The van der Waals surface area contributed by atoms with Crippen molar-refractivity contribution in [3.8, 4) is 5.75 Å². The summed E-state index contributed by atoms with van der Waals surface area (Å²) >= 11 is 0. The maximum atomic E-state index is 5.27. The van der Waals surface area contributed by atoms with E-state index in [1.54, 1.807) is 7.11 Å². The Morgan fingerprint density at radius 3 is 2.55 bits per heavy atom. The van der Waals surface area contributed by atoms with Gasteiger partial charge in [-0.1, -0.05) is 17.8 Å². The van der Waals surface area contributed by atoms with Crippen LogP contribution in [0.25, 0.3) is 0 Å². The average molecular weight is 357 g/mol. The first-order chi connectivity index (χ1) is 8.79. The molecular formula is C16H18N2ORh. The first-order valence-corrected chi connectivity index (χ1v) is 5.93. The minimum Gasteiger partial charge on any atom is -0.522 e. The molecule has 1 radical (unpaired) electrons. The van der Waals surface area contributed by atoms with Gasteiger partial charge in [-0.3, -0.25) is 0 Å². The molecule has 0 saturated heterocycles. The zero-order chi connectivity index (χ0) is 12.5. The van der Waals surface area contributed by atoms with E-state index in [1.165, 1.54) is 11.4 Å². The summed E-state index contributed by atoms with van der Waals surface area (Å²) in [7, 11) is 3.78. The minimum absolute atomic E-state index is 0. The normalized spacial score (nSPS) is 12.3.